The van der Waals surface area contributed by atoms with E-state index in [4.69, 9.17) is 10.5 Å². The Bertz CT molecular complexity index is 1150. The summed E-state index contributed by atoms with van der Waals surface area (Å²) >= 11 is 1.63. The molecule has 3 aromatic rings. The van der Waals surface area contributed by atoms with Gasteiger partial charge in [0.25, 0.3) is 5.91 Å². The van der Waals surface area contributed by atoms with Gasteiger partial charge in [-0.25, -0.2) is 9.78 Å². The SMILES string of the molecule is Cl.Nc1ccc(-c2cccs2)cc1NC(=O)c1ccc(N2CCC3(CC2)CNC(=O)O3)nc1. The Morgan fingerprint density at radius 3 is 2.67 bits per heavy atom. The molecule has 8 nitrogen and oxygen atoms in total. The number of aromatic nitrogens is 1. The minimum atomic E-state index is -0.398. The Hall–Kier alpha value is -3.30. The number of piperidine rings is 1. The largest absolute Gasteiger partial charge is 0.441 e. The second-order valence-corrected chi connectivity index (χ2v) is 9.00. The molecule has 0 atom stereocenters. The first-order chi connectivity index (χ1) is 15.5. The monoisotopic (exact) mass is 485 g/mol. The van der Waals surface area contributed by atoms with Crippen molar-refractivity contribution in [2.75, 3.05) is 35.6 Å². The molecule has 2 aliphatic heterocycles. The van der Waals surface area contributed by atoms with E-state index >= 15 is 0 Å². The van der Waals surface area contributed by atoms with Crippen LogP contribution in [-0.2, 0) is 4.74 Å². The normalized spacial score (nSPS) is 16.6. The van der Waals surface area contributed by atoms with Crippen LogP contribution in [0.2, 0.25) is 0 Å². The second kappa shape index (κ2) is 9.29. The molecule has 4 N–H and O–H groups in total. The number of benzene rings is 1. The molecule has 10 heteroatoms. The standard InChI is InChI=1S/C23H23N5O3S.ClH/c24-17-5-3-15(19-2-1-11-32-19)12-18(17)27-21(29)16-4-6-20(25-13-16)28-9-7-23(8-10-28)14-26-22(30)31-23;/h1-6,11-13H,7-10,14,24H2,(H,26,30)(H,27,29);1H. The maximum Gasteiger partial charge on any atom is 0.407 e. The van der Waals surface area contributed by atoms with Crippen LogP contribution in [0.4, 0.5) is 22.0 Å². The number of hydrogen-bond donors (Lipinski definition) is 3. The summed E-state index contributed by atoms with van der Waals surface area (Å²) in [6, 6.07) is 13.2. The Labute approximate surface area is 201 Å². The molecule has 0 bridgehead atoms. The van der Waals surface area contributed by atoms with Gasteiger partial charge in [0.15, 0.2) is 0 Å². The van der Waals surface area contributed by atoms with Crippen molar-refractivity contribution in [2.45, 2.75) is 18.4 Å². The summed E-state index contributed by atoms with van der Waals surface area (Å²) in [7, 11) is 0. The van der Waals surface area contributed by atoms with E-state index in [0.717, 1.165) is 42.2 Å². The first-order valence-corrected chi connectivity index (χ1v) is 11.3. The highest BCUT2D eigenvalue weighted by Gasteiger charge is 2.43. The van der Waals surface area contributed by atoms with Crippen molar-refractivity contribution in [1.29, 1.82) is 0 Å². The lowest BCUT2D eigenvalue weighted by Crippen LogP contribution is -2.46. The van der Waals surface area contributed by atoms with E-state index in [1.807, 2.05) is 35.7 Å². The minimum absolute atomic E-state index is 0. The summed E-state index contributed by atoms with van der Waals surface area (Å²) in [6.07, 6.45) is 2.73. The first-order valence-electron chi connectivity index (χ1n) is 10.4. The lowest BCUT2D eigenvalue weighted by Gasteiger charge is -2.37. The molecule has 4 heterocycles. The zero-order chi connectivity index (χ0) is 22.1. The maximum atomic E-state index is 12.8. The van der Waals surface area contributed by atoms with Crippen LogP contribution >= 0.6 is 23.7 Å². The molecule has 0 radical (unpaired) electrons. The van der Waals surface area contributed by atoms with Crippen LogP contribution < -0.4 is 21.3 Å². The maximum absolute atomic E-state index is 12.8. The first kappa shape index (κ1) is 22.9. The van der Waals surface area contributed by atoms with Gasteiger partial charge in [-0.05, 0) is 41.3 Å². The predicted molar refractivity (Wildman–Crippen MR) is 132 cm³/mol. The summed E-state index contributed by atoms with van der Waals surface area (Å²) in [4.78, 5) is 31.9. The molecule has 1 spiro atoms. The molecular formula is C23H24ClN5O3S. The van der Waals surface area contributed by atoms with Crippen LogP contribution in [0.1, 0.15) is 23.2 Å². The Balaban J connectivity index is 0.00000259. The number of nitrogen functional groups attached to an aromatic ring is 1. The molecule has 172 valence electrons. The van der Waals surface area contributed by atoms with E-state index in [1.165, 1.54) is 0 Å². The number of carbonyl (C=O) groups excluding carboxylic acids is 2. The highest BCUT2D eigenvalue weighted by atomic mass is 35.5. The summed E-state index contributed by atoms with van der Waals surface area (Å²) < 4.78 is 5.46. The van der Waals surface area contributed by atoms with Crippen molar-refractivity contribution in [3.63, 3.8) is 0 Å². The third-order valence-electron chi connectivity index (χ3n) is 5.98. The highest BCUT2D eigenvalue weighted by Crippen LogP contribution is 2.32. The highest BCUT2D eigenvalue weighted by molar-refractivity contribution is 7.13. The van der Waals surface area contributed by atoms with Gasteiger partial charge < -0.3 is 26.0 Å². The van der Waals surface area contributed by atoms with Crippen molar-refractivity contribution in [3.8, 4) is 10.4 Å². The summed E-state index contributed by atoms with van der Waals surface area (Å²) in [5.41, 5.74) is 8.22. The summed E-state index contributed by atoms with van der Waals surface area (Å²) in [5.74, 6) is 0.536. The number of ether oxygens (including phenoxy) is 1. The number of nitrogens with zero attached hydrogens (tertiary/aromatic N) is 2. The van der Waals surface area contributed by atoms with E-state index in [1.54, 1.807) is 29.7 Å². The van der Waals surface area contributed by atoms with Gasteiger partial charge in [-0.3, -0.25) is 4.79 Å². The number of nitrogens with two attached hydrogens (primary N) is 1. The van der Waals surface area contributed by atoms with E-state index in [-0.39, 0.29) is 24.4 Å². The van der Waals surface area contributed by atoms with Crippen LogP contribution in [0.5, 0.6) is 0 Å². The Kier molecular flexibility index (Phi) is 6.44. The number of nitrogens with one attached hydrogen (secondary N) is 2. The number of pyridine rings is 1. The van der Waals surface area contributed by atoms with Crippen molar-refractivity contribution in [1.82, 2.24) is 10.3 Å². The topological polar surface area (TPSA) is 110 Å². The minimum Gasteiger partial charge on any atom is -0.441 e. The lowest BCUT2D eigenvalue weighted by atomic mass is 9.91. The van der Waals surface area contributed by atoms with Crippen LogP contribution in [-0.4, -0.2) is 42.2 Å². The molecule has 2 aromatic heterocycles. The van der Waals surface area contributed by atoms with E-state index in [0.29, 0.717) is 23.5 Å². The summed E-state index contributed by atoms with van der Waals surface area (Å²) in [6.45, 7) is 2.03. The van der Waals surface area contributed by atoms with Crippen molar-refractivity contribution < 1.29 is 14.3 Å². The zero-order valence-corrected chi connectivity index (χ0v) is 19.4. The van der Waals surface area contributed by atoms with E-state index in [9.17, 15) is 9.59 Å². The average Bonchev–Trinajstić information content (AvgIpc) is 3.46. The number of thiophene rings is 1. The van der Waals surface area contributed by atoms with Crippen LogP contribution in [0.25, 0.3) is 10.4 Å². The molecule has 2 amide bonds. The van der Waals surface area contributed by atoms with Gasteiger partial charge in [0.05, 0.1) is 23.5 Å². The molecular weight excluding hydrogens is 462 g/mol. The number of anilines is 3. The quantitative estimate of drug-likeness (QED) is 0.479. The zero-order valence-electron chi connectivity index (χ0n) is 17.7. The second-order valence-electron chi connectivity index (χ2n) is 8.05. The fraction of sp³-hybridized carbons (Fsp3) is 0.261. The van der Waals surface area contributed by atoms with E-state index < -0.39 is 5.60 Å². The Morgan fingerprint density at radius 2 is 2.03 bits per heavy atom. The van der Waals surface area contributed by atoms with Gasteiger partial charge in [-0.2, -0.15) is 0 Å². The van der Waals surface area contributed by atoms with Gasteiger partial charge in [-0.1, -0.05) is 12.1 Å². The van der Waals surface area contributed by atoms with Crippen LogP contribution in [0.3, 0.4) is 0 Å². The lowest BCUT2D eigenvalue weighted by molar-refractivity contribution is 0.0366. The van der Waals surface area contributed by atoms with Crippen molar-refractivity contribution in [3.05, 3.63) is 59.6 Å². The van der Waals surface area contributed by atoms with Gasteiger partial charge >= 0.3 is 6.09 Å². The molecule has 2 fully saturated rings. The smallest absolute Gasteiger partial charge is 0.407 e. The fourth-order valence-corrected chi connectivity index (χ4v) is 4.81. The fourth-order valence-electron chi connectivity index (χ4n) is 4.09. The van der Waals surface area contributed by atoms with E-state index in [2.05, 4.69) is 20.5 Å². The molecule has 0 unspecified atom stereocenters. The number of halogens is 1. The number of hydrogen-bond acceptors (Lipinski definition) is 7. The third kappa shape index (κ3) is 4.74. The van der Waals surface area contributed by atoms with Gasteiger partial charge in [0.2, 0.25) is 0 Å². The van der Waals surface area contributed by atoms with Gasteiger partial charge in [0, 0.05) is 37.0 Å². The van der Waals surface area contributed by atoms with Crippen molar-refractivity contribution in [2.24, 2.45) is 0 Å². The molecule has 0 aliphatic carbocycles. The molecule has 2 aliphatic rings. The average molecular weight is 486 g/mol. The molecule has 5 rings (SSSR count). The number of carbonyl (C=O) groups is 2. The molecule has 2 saturated heterocycles. The molecule has 0 saturated carbocycles. The predicted octanol–water partition coefficient (Wildman–Crippen LogP) is 4.15. The van der Waals surface area contributed by atoms with Gasteiger partial charge in [-0.15, -0.1) is 23.7 Å². The van der Waals surface area contributed by atoms with Crippen LogP contribution in [0.15, 0.2) is 54.0 Å². The molecule has 33 heavy (non-hydrogen) atoms. The summed E-state index contributed by atoms with van der Waals surface area (Å²) in [5, 5.41) is 7.65. The van der Waals surface area contributed by atoms with Crippen LogP contribution in [0, 0.1) is 0 Å². The van der Waals surface area contributed by atoms with Gasteiger partial charge in [0.1, 0.15) is 11.4 Å². The Morgan fingerprint density at radius 1 is 1.21 bits per heavy atom. The number of alkyl carbamates (subject to hydrolysis) is 1. The molecule has 1 aromatic carbocycles. The number of rotatable bonds is 4. The third-order valence-corrected chi connectivity index (χ3v) is 6.90. The number of amides is 2. The van der Waals surface area contributed by atoms with Crippen molar-refractivity contribution >= 4 is 52.9 Å².